The first kappa shape index (κ1) is 12.7. The highest BCUT2D eigenvalue weighted by molar-refractivity contribution is 9.10. The van der Waals surface area contributed by atoms with Crippen molar-refractivity contribution in [2.75, 3.05) is 10.6 Å². The first-order chi connectivity index (χ1) is 8.66. The molecule has 2 rings (SSSR count). The number of carbonyl (C=O) groups is 2. The summed E-state index contributed by atoms with van der Waals surface area (Å²) in [5.41, 5.74) is 0.539. The number of carbonyl (C=O) groups excluding carboxylic acids is 2. The van der Waals surface area contributed by atoms with Crippen LogP contribution < -0.4 is 10.6 Å². The minimum absolute atomic E-state index is 0.391. The van der Waals surface area contributed by atoms with Crippen molar-refractivity contribution in [3.05, 3.63) is 40.3 Å². The smallest absolute Gasteiger partial charge is 0.315 e. The average Bonchev–Trinajstić information content (AvgIpc) is 2.84. The maximum Gasteiger partial charge on any atom is 0.315 e. The molecule has 0 bridgehead atoms. The summed E-state index contributed by atoms with van der Waals surface area (Å²) in [5.74, 6) is -1.49. The van der Waals surface area contributed by atoms with Gasteiger partial charge in [0.15, 0.2) is 5.13 Å². The zero-order valence-electron chi connectivity index (χ0n) is 9.01. The first-order valence-electron chi connectivity index (χ1n) is 4.93. The van der Waals surface area contributed by atoms with E-state index in [2.05, 4.69) is 31.5 Å². The maximum absolute atomic E-state index is 11.6. The monoisotopic (exact) mass is 325 g/mol. The lowest BCUT2D eigenvalue weighted by Gasteiger charge is -2.06. The molecule has 0 radical (unpaired) electrons. The van der Waals surface area contributed by atoms with E-state index >= 15 is 0 Å². The number of benzene rings is 1. The second-order valence-electron chi connectivity index (χ2n) is 3.23. The third-order valence-corrected chi connectivity index (χ3v) is 3.36. The second-order valence-corrected chi connectivity index (χ2v) is 4.97. The normalized spacial score (nSPS) is 9.83. The van der Waals surface area contributed by atoms with Crippen LogP contribution in [0.4, 0.5) is 10.8 Å². The first-order valence-corrected chi connectivity index (χ1v) is 6.60. The third kappa shape index (κ3) is 3.14. The van der Waals surface area contributed by atoms with Gasteiger partial charge in [-0.25, -0.2) is 4.98 Å². The van der Waals surface area contributed by atoms with E-state index in [0.29, 0.717) is 15.3 Å². The number of nitrogens with one attached hydrogen (secondary N) is 2. The van der Waals surface area contributed by atoms with Gasteiger partial charge < -0.3 is 5.32 Å². The van der Waals surface area contributed by atoms with Gasteiger partial charge in [-0.15, -0.1) is 11.3 Å². The maximum atomic E-state index is 11.6. The highest BCUT2D eigenvalue weighted by Gasteiger charge is 2.15. The molecule has 0 aliphatic carbocycles. The van der Waals surface area contributed by atoms with E-state index in [1.807, 2.05) is 6.07 Å². The molecule has 2 aromatic rings. The van der Waals surface area contributed by atoms with Gasteiger partial charge in [-0.1, -0.05) is 12.1 Å². The fraction of sp³-hybridized carbons (Fsp3) is 0. The van der Waals surface area contributed by atoms with Crippen LogP contribution in [0.15, 0.2) is 40.3 Å². The molecule has 0 fully saturated rings. The number of aromatic nitrogens is 1. The van der Waals surface area contributed by atoms with E-state index in [4.69, 9.17) is 0 Å². The lowest BCUT2D eigenvalue weighted by Crippen LogP contribution is -2.29. The predicted molar refractivity (Wildman–Crippen MR) is 73.5 cm³/mol. The van der Waals surface area contributed by atoms with Gasteiger partial charge in [0.25, 0.3) is 0 Å². The lowest BCUT2D eigenvalue weighted by atomic mass is 10.3. The number of thiazole rings is 1. The second kappa shape index (κ2) is 5.74. The van der Waals surface area contributed by atoms with Crippen molar-refractivity contribution in [1.29, 1.82) is 0 Å². The van der Waals surface area contributed by atoms with Gasteiger partial charge in [0.2, 0.25) is 0 Å². The molecule has 5 nitrogen and oxygen atoms in total. The van der Waals surface area contributed by atoms with E-state index in [0.717, 1.165) is 0 Å². The van der Waals surface area contributed by atoms with Gasteiger partial charge in [-0.05, 0) is 28.1 Å². The van der Waals surface area contributed by atoms with Crippen LogP contribution in [-0.2, 0) is 9.59 Å². The van der Waals surface area contributed by atoms with Crippen LogP contribution in [0, 0.1) is 0 Å². The number of amides is 2. The van der Waals surface area contributed by atoms with Gasteiger partial charge in [0, 0.05) is 16.0 Å². The molecule has 1 heterocycles. The molecule has 0 unspecified atom stereocenters. The Morgan fingerprint density at radius 3 is 2.56 bits per heavy atom. The zero-order chi connectivity index (χ0) is 13.0. The number of anilines is 2. The predicted octanol–water partition coefficient (Wildman–Crippen LogP) is 2.48. The molecule has 0 aliphatic heterocycles. The summed E-state index contributed by atoms with van der Waals surface area (Å²) in [5, 5.41) is 7.00. The molecule has 2 amide bonds. The van der Waals surface area contributed by atoms with E-state index < -0.39 is 11.8 Å². The Balaban J connectivity index is 2.00. The molecule has 0 spiro atoms. The van der Waals surface area contributed by atoms with Crippen molar-refractivity contribution in [3.8, 4) is 0 Å². The summed E-state index contributed by atoms with van der Waals surface area (Å²) in [6, 6.07) is 7.04. The Hall–Kier alpha value is -1.73. The zero-order valence-corrected chi connectivity index (χ0v) is 11.4. The molecule has 92 valence electrons. The quantitative estimate of drug-likeness (QED) is 0.833. The van der Waals surface area contributed by atoms with Crippen LogP contribution in [0.2, 0.25) is 0 Å². The molecule has 0 saturated heterocycles. The summed E-state index contributed by atoms with van der Waals surface area (Å²) in [6.07, 6.45) is 1.55. The minimum Gasteiger partial charge on any atom is -0.317 e. The average molecular weight is 326 g/mol. The lowest BCUT2D eigenvalue weighted by molar-refractivity contribution is -0.133. The van der Waals surface area contributed by atoms with Crippen molar-refractivity contribution >= 4 is 49.9 Å². The van der Waals surface area contributed by atoms with Gasteiger partial charge in [0.1, 0.15) is 0 Å². The minimum atomic E-state index is -0.749. The molecule has 1 aromatic heterocycles. The third-order valence-electron chi connectivity index (χ3n) is 1.98. The van der Waals surface area contributed by atoms with Gasteiger partial charge >= 0.3 is 11.8 Å². The molecular formula is C11H8BrN3O2S. The topological polar surface area (TPSA) is 71.1 Å². The van der Waals surface area contributed by atoms with Crippen LogP contribution >= 0.6 is 27.3 Å². The summed E-state index contributed by atoms with van der Waals surface area (Å²) >= 11 is 4.52. The van der Waals surface area contributed by atoms with E-state index in [9.17, 15) is 9.59 Å². The molecule has 0 saturated carbocycles. The Morgan fingerprint density at radius 2 is 1.89 bits per heavy atom. The Labute approximate surface area is 115 Å². The van der Waals surface area contributed by atoms with Crippen molar-refractivity contribution in [2.45, 2.75) is 0 Å². The van der Waals surface area contributed by atoms with Crippen LogP contribution in [0.5, 0.6) is 0 Å². The fourth-order valence-electron chi connectivity index (χ4n) is 1.18. The number of nitrogens with zero attached hydrogens (tertiary/aromatic N) is 1. The summed E-state index contributed by atoms with van der Waals surface area (Å²) in [4.78, 5) is 27.0. The SMILES string of the molecule is O=C(Nc1nccs1)C(=O)Nc1ccccc1Br. The molecule has 18 heavy (non-hydrogen) atoms. The molecular weight excluding hydrogens is 318 g/mol. The number of halogens is 1. The molecule has 7 heteroatoms. The summed E-state index contributed by atoms with van der Waals surface area (Å²) < 4.78 is 0.709. The number of hydrogen-bond acceptors (Lipinski definition) is 4. The van der Waals surface area contributed by atoms with Crippen LogP contribution in [0.25, 0.3) is 0 Å². The largest absolute Gasteiger partial charge is 0.317 e. The van der Waals surface area contributed by atoms with Gasteiger partial charge in [-0.3, -0.25) is 14.9 Å². The van der Waals surface area contributed by atoms with E-state index in [-0.39, 0.29) is 0 Å². The molecule has 2 N–H and O–H groups in total. The number of rotatable bonds is 2. The summed E-state index contributed by atoms with van der Waals surface area (Å²) in [7, 11) is 0. The van der Waals surface area contributed by atoms with Gasteiger partial charge in [-0.2, -0.15) is 0 Å². The van der Waals surface area contributed by atoms with E-state index in [1.165, 1.54) is 11.3 Å². The van der Waals surface area contributed by atoms with Crippen molar-refractivity contribution in [2.24, 2.45) is 0 Å². The number of hydrogen-bond donors (Lipinski definition) is 2. The van der Waals surface area contributed by atoms with Crippen molar-refractivity contribution < 1.29 is 9.59 Å². The highest BCUT2D eigenvalue weighted by atomic mass is 79.9. The number of para-hydroxylation sites is 1. The standard InChI is InChI=1S/C11H8BrN3O2S/c12-7-3-1-2-4-8(7)14-9(16)10(17)15-11-13-5-6-18-11/h1-6H,(H,14,16)(H,13,15,17). The van der Waals surface area contributed by atoms with Crippen molar-refractivity contribution in [1.82, 2.24) is 4.98 Å². The molecule has 0 atom stereocenters. The molecule has 0 aliphatic rings. The Kier molecular flexibility index (Phi) is 4.06. The summed E-state index contributed by atoms with van der Waals surface area (Å²) in [6.45, 7) is 0. The van der Waals surface area contributed by atoms with Crippen LogP contribution in [0.3, 0.4) is 0 Å². The highest BCUT2D eigenvalue weighted by Crippen LogP contribution is 2.21. The Morgan fingerprint density at radius 1 is 1.17 bits per heavy atom. The molecule has 1 aromatic carbocycles. The Bertz CT molecular complexity index is 571. The fourth-order valence-corrected chi connectivity index (χ4v) is 2.09. The van der Waals surface area contributed by atoms with E-state index in [1.54, 1.807) is 29.8 Å². The van der Waals surface area contributed by atoms with Gasteiger partial charge in [0.05, 0.1) is 5.69 Å². The van der Waals surface area contributed by atoms with Crippen LogP contribution in [-0.4, -0.2) is 16.8 Å². The van der Waals surface area contributed by atoms with Crippen LogP contribution in [0.1, 0.15) is 0 Å². The van der Waals surface area contributed by atoms with Crippen molar-refractivity contribution in [3.63, 3.8) is 0 Å².